The minimum Gasteiger partial charge on any atom is -0.376 e. The maximum atomic E-state index is 13.6. The maximum Gasteiger partial charge on any atom is 0.319 e. The van der Waals surface area contributed by atoms with Crippen LogP contribution in [0.4, 0.5) is 16.2 Å². The average molecular weight is 460 g/mol. The Morgan fingerprint density at radius 3 is 2.67 bits per heavy atom. The first-order chi connectivity index (χ1) is 16.2. The van der Waals surface area contributed by atoms with Gasteiger partial charge < -0.3 is 20.3 Å². The number of ether oxygens (including phenoxy) is 1. The molecule has 1 saturated heterocycles. The second kappa shape index (κ2) is 9.68. The average Bonchev–Trinajstić information content (AvgIpc) is 3.33. The lowest BCUT2D eigenvalue weighted by atomic mass is 10.1. The molecule has 3 amide bonds. The van der Waals surface area contributed by atoms with Gasteiger partial charge in [0.15, 0.2) is 0 Å². The minimum atomic E-state index is -0.282. The second-order valence-corrected chi connectivity index (χ2v) is 9.21. The molecule has 3 aromatic rings. The van der Waals surface area contributed by atoms with Crippen LogP contribution < -0.4 is 15.5 Å². The first-order valence-electron chi connectivity index (χ1n) is 11.1. The van der Waals surface area contributed by atoms with E-state index in [1.807, 2.05) is 72.8 Å². The van der Waals surface area contributed by atoms with Crippen LogP contribution in [0.2, 0.25) is 0 Å². The highest BCUT2D eigenvalue weighted by atomic mass is 32.2. The van der Waals surface area contributed by atoms with Crippen molar-refractivity contribution in [3.05, 3.63) is 83.9 Å². The van der Waals surface area contributed by atoms with E-state index in [4.69, 9.17) is 4.74 Å². The van der Waals surface area contributed by atoms with E-state index in [9.17, 15) is 9.59 Å². The summed E-state index contributed by atoms with van der Waals surface area (Å²) in [6, 6.07) is 23.0. The van der Waals surface area contributed by atoms with Crippen molar-refractivity contribution in [1.29, 1.82) is 0 Å². The Labute approximate surface area is 197 Å². The van der Waals surface area contributed by atoms with Crippen LogP contribution in [0.5, 0.6) is 0 Å². The van der Waals surface area contributed by atoms with Gasteiger partial charge in [0, 0.05) is 28.6 Å². The lowest BCUT2D eigenvalue weighted by Gasteiger charge is -2.24. The Hall–Kier alpha value is -3.29. The smallest absolute Gasteiger partial charge is 0.319 e. The van der Waals surface area contributed by atoms with Crippen LogP contribution in [0.3, 0.4) is 0 Å². The van der Waals surface area contributed by atoms with E-state index >= 15 is 0 Å². The van der Waals surface area contributed by atoms with Crippen molar-refractivity contribution in [3.8, 4) is 0 Å². The first kappa shape index (κ1) is 21.6. The lowest BCUT2D eigenvalue weighted by Crippen LogP contribution is -2.35. The van der Waals surface area contributed by atoms with Crippen LogP contribution in [0.1, 0.15) is 28.8 Å². The summed E-state index contributed by atoms with van der Waals surface area (Å²) in [5.41, 5.74) is 3.13. The van der Waals surface area contributed by atoms with Gasteiger partial charge in [0.1, 0.15) is 0 Å². The standard InChI is InChI=1S/C26H25N3O3S/c30-25-21-10-4-5-11-23(21)33-24-13-12-19(28-26(31)27-16-20-9-6-14-32-20)15-22(24)29(25)17-18-7-2-1-3-8-18/h1-5,7-8,10-13,15,20H,6,9,14,16-17H2,(H2,27,28,31). The molecule has 2 aliphatic rings. The molecule has 2 aliphatic heterocycles. The molecule has 1 fully saturated rings. The van der Waals surface area contributed by atoms with Gasteiger partial charge in [-0.2, -0.15) is 0 Å². The van der Waals surface area contributed by atoms with Crippen molar-refractivity contribution in [1.82, 2.24) is 5.32 Å². The van der Waals surface area contributed by atoms with Crippen LogP contribution in [-0.2, 0) is 11.3 Å². The number of benzene rings is 3. The first-order valence-corrected chi connectivity index (χ1v) is 11.9. The van der Waals surface area contributed by atoms with Crippen LogP contribution in [0.15, 0.2) is 82.6 Å². The Kier molecular flexibility index (Phi) is 6.32. The summed E-state index contributed by atoms with van der Waals surface area (Å²) in [4.78, 5) is 29.7. The molecule has 1 atom stereocenters. The summed E-state index contributed by atoms with van der Waals surface area (Å²) in [5, 5.41) is 5.78. The number of anilines is 2. The van der Waals surface area contributed by atoms with Gasteiger partial charge in [-0.25, -0.2) is 4.79 Å². The Morgan fingerprint density at radius 1 is 1.03 bits per heavy atom. The van der Waals surface area contributed by atoms with Gasteiger partial charge in [0.2, 0.25) is 0 Å². The summed E-state index contributed by atoms with van der Waals surface area (Å²) in [7, 11) is 0. The fourth-order valence-corrected chi connectivity index (χ4v) is 5.17. The third kappa shape index (κ3) is 4.89. The number of hydrogen-bond donors (Lipinski definition) is 2. The zero-order valence-electron chi connectivity index (χ0n) is 18.1. The van der Waals surface area contributed by atoms with Crippen molar-refractivity contribution in [2.24, 2.45) is 0 Å². The highest BCUT2D eigenvalue weighted by Crippen LogP contribution is 2.43. The fraction of sp³-hybridized carbons (Fsp3) is 0.231. The number of hydrogen-bond acceptors (Lipinski definition) is 4. The predicted octanol–water partition coefficient (Wildman–Crippen LogP) is 5.30. The molecule has 6 nitrogen and oxygen atoms in total. The number of carbonyl (C=O) groups is 2. The monoisotopic (exact) mass is 459 g/mol. The summed E-state index contributed by atoms with van der Waals surface area (Å²) in [5.74, 6) is -0.0549. The fourth-order valence-electron chi connectivity index (χ4n) is 4.11. The molecule has 0 aromatic heterocycles. The molecule has 0 saturated carbocycles. The molecule has 0 aliphatic carbocycles. The number of amides is 3. The highest BCUT2D eigenvalue weighted by molar-refractivity contribution is 7.99. The molecule has 1 unspecified atom stereocenters. The van der Waals surface area contributed by atoms with Crippen LogP contribution in [-0.4, -0.2) is 31.2 Å². The van der Waals surface area contributed by atoms with Gasteiger partial charge in [-0.05, 0) is 48.7 Å². The largest absolute Gasteiger partial charge is 0.376 e. The van der Waals surface area contributed by atoms with Gasteiger partial charge in [0.25, 0.3) is 5.91 Å². The number of urea groups is 1. The number of carbonyl (C=O) groups excluding carboxylic acids is 2. The number of nitrogens with one attached hydrogen (secondary N) is 2. The highest BCUT2D eigenvalue weighted by Gasteiger charge is 2.28. The van der Waals surface area contributed by atoms with E-state index in [1.165, 1.54) is 0 Å². The Balaban J connectivity index is 1.42. The number of fused-ring (bicyclic) bond motifs is 2. The molecule has 3 aromatic carbocycles. The van der Waals surface area contributed by atoms with Crippen molar-refractivity contribution in [2.75, 3.05) is 23.4 Å². The molecule has 5 rings (SSSR count). The van der Waals surface area contributed by atoms with E-state index < -0.39 is 0 Å². The van der Waals surface area contributed by atoms with E-state index in [0.717, 1.165) is 40.5 Å². The van der Waals surface area contributed by atoms with Crippen molar-refractivity contribution in [2.45, 2.75) is 35.3 Å². The van der Waals surface area contributed by atoms with Crippen LogP contribution in [0.25, 0.3) is 0 Å². The Morgan fingerprint density at radius 2 is 1.85 bits per heavy atom. The molecular formula is C26H25N3O3S. The third-order valence-electron chi connectivity index (χ3n) is 5.79. The molecule has 2 N–H and O–H groups in total. The van der Waals surface area contributed by atoms with Crippen LogP contribution in [0, 0.1) is 0 Å². The third-order valence-corrected chi connectivity index (χ3v) is 6.93. The minimum absolute atomic E-state index is 0.0549. The maximum absolute atomic E-state index is 13.6. The zero-order chi connectivity index (χ0) is 22.6. The summed E-state index contributed by atoms with van der Waals surface area (Å²) in [6.45, 7) is 1.68. The molecule has 2 heterocycles. The normalized spacial score (nSPS) is 17.2. The van der Waals surface area contributed by atoms with E-state index in [0.29, 0.717) is 24.3 Å². The van der Waals surface area contributed by atoms with Crippen molar-refractivity contribution >= 4 is 35.1 Å². The quantitative estimate of drug-likeness (QED) is 0.543. The van der Waals surface area contributed by atoms with Gasteiger partial charge in [0.05, 0.1) is 23.9 Å². The SMILES string of the molecule is O=C(NCC1CCCO1)Nc1ccc2c(c1)N(Cc1ccccc1)C(=O)c1ccccc1S2. The zero-order valence-corrected chi connectivity index (χ0v) is 18.9. The summed E-state index contributed by atoms with van der Waals surface area (Å²) in [6.07, 6.45) is 2.08. The summed E-state index contributed by atoms with van der Waals surface area (Å²) < 4.78 is 5.57. The number of rotatable bonds is 5. The van der Waals surface area contributed by atoms with Gasteiger partial charge in [-0.3, -0.25) is 4.79 Å². The topological polar surface area (TPSA) is 70.7 Å². The molecule has 0 radical (unpaired) electrons. The van der Waals surface area contributed by atoms with E-state index in [-0.39, 0.29) is 18.0 Å². The Bertz CT molecular complexity index is 1160. The molecule has 33 heavy (non-hydrogen) atoms. The molecule has 7 heteroatoms. The molecule has 0 spiro atoms. The number of nitrogens with zero attached hydrogens (tertiary/aromatic N) is 1. The van der Waals surface area contributed by atoms with E-state index in [1.54, 1.807) is 16.7 Å². The predicted molar refractivity (Wildman–Crippen MR) is 130 cm³/mol. The molecular weight excluding hydrogens is 434 g/mol. The second-order valence-electron chi connectivity index (χ2n) is 8.13. The van der Waals surface area contributed by atoms with Gasteiger partial charge in [-0.1, -0.05) is 54.2 Å². The summed E-state index contributed by atoms with van der Waals surface area (Å²) >= 11 is 1.57. The van der Waals surface area contributed by atoms with Crippen molar-refractivity contribution < 1.29 is 14.3 Å². The van der Waals surface area contributed by atoms with Gasteiger partial charge >= 0.3 is 6.03 Å². The molecule has 0 bridgehead atoms. The molecule has 168 valence electrons. The van der Waals surface area contributed by atoms with Crippen molar-refractivity contribution in [3.63, 3.8) is 0 Å². The van der Waals surface area contributed by atoms with E-state index in [2.05, 4.69) is 10.6 Å². The van der Waals surface area contributed by atoms with Crippen LogP contribution >= 0.6 is 11.8 Å². The lowest BCUT2D eigenvalue weighted by molar-refractivity contribution is 0.0982. The van der Waals surface area contributed by atoms with Gasteiger partial charge in [-0.15, -0.1) is 0 Å².